The number of ether oxygens (including phenoxy) is 1. The largest absolute Gasteiger partial charge is 0.472 e. The third-order valence-electron chi connectivity index (χ3n) is 6.84. The minimum absolute atomic E-state index is 0.0488. The Bertz CT molecular complexity index is 807. The molecule has 0 radical (unpaired) electrons. The molecule has 1 aromatic heterocycles. The van der Waals surface area contributed by atoms with Gasteiger partial charge in [0, 0.05) is 18.3 Å². The molecule has 1 fully saturated rings. The van der Waals surface area contributed by atoms with E-state index in [0.717, 1.165) is 0 Å². The van der Waals surface area contributed by atoms with E-state index in [1.54, 1.807) is 13.0 Å². The third kappa shape index (κ3) is 2.78. The van der Waals surface area contributed by atoms with E-state index >= 15 is 0 Å². The van der Waals surface area contributed by atoms with E-state index in [2.05, 4.69) is 0 Å². The fraction of sp³-hybridized carbons (Fsp3) is 0.571. The summed E-state index contributed by atoms with van der Waals surface area (Å²) in [5.41, 5.74) is -2.73. The van der Waals surface area contributed by atoms with Crippen molar-refractivity contribution >= 4 is 17.5 Å². The second-order valence-electron chi connectivity index (χ2n) is 8.35. The van der Waals surface area contributed by atoms with Crippen molar-refractivity contribution in [2.45, 2.75) is 52.1 Å². The summed E-state index contributed by atoms with van der Waals surface area (Å²) in [4.78, 5) is 37.9. The molecule has 27 heavy (non-hydrogen) atoms. The van der Waals surface area contributed by atoms with Crippen LogP contribution < -0.4 is 0 Å². The van der Waals surface area contributed by atoms with Crippen LogP contribution in [-0.2, 0) is 14.3 Å². The van der Waals surface area contributed by atoms with Crippen molar-refractivity contribution < 1.29 is 28.6 Å². The van der Waals surface area contributed by atoms with Crippen LogP contribution in [0.4, 0.5) is 0 Å². The number of hydrogen-bond acceptors (Lipinski definition) is 6. The average molecular weight is 374 g/mol. The molecule has 6 heteroatoms. The Morgan fingerprint density at radius 3 is 2.67 bits per heavy atom. The van der Waals surface area contributed by atoms with E-state index < -0.39 is 22.4 Å². The van der Waals surface area contributed by atoms with Crippen LogP contribution in [0.2, 0.25) is 0 Å². The van der Waals surface area contributed by atoms with Crippen molar-refractivity contribution in [2.24, 2.45) is 16.7 Å². The molecule has 1 heterocycles. The van der Waals surface area contributed by atoms with Crippen molar-refractivity contribution in [1.82, 2.24) is 0 Å². The van der Waals surface area contributed by atoms with Gasteiger partial charge in [-0.2, -0.15) is 0 Å². The zero-order chi connectivity index (χ0) is 20.0. The number of esters is 1. The number of aliphatic hydroxyl groups is 1. The first-order valence-corrected chi connectivity index (χ1v) is 9.20. The normalized spacial score (nSPS) is 36.0. The predicted octanol–water partition coefficient (Wildman–Crippen LogP) is 3.10. The van der Waals surface area contributed by atoms with E-state index in [9.17, 15) is 19.5 Å². The molecule has 0 bridgehead atoms. The first-order valence-electron chi connectivity index (χ1n) is 9.20. The second-order valence-corrected chi connectivity index (χ2v) is 8.35. The lowest BCUT2D eigenvalue weighted by atomic mass is 9.49. The topological polar surface area (TPSA) is 93.8 Å². The summed E-state index contributed by atoms with van der Waals surface area (Å²) >= 11 is 0. The molecule has 146 valence electrons. The van der Waals surface area contributed by atoms with Crippen LogP contribution in [0.5, 0.6) is 0 Å². The van der Waals surface area contributed by atoms with Gasteiger partial charge in [-0.05, 0) is 43.4 Å². The SMILES string of the molecule is COC(=O)[C@@]1(C)CC(=O)C=C2[C@@](C)(CC(=O)c3ccoc3)[C@H](C)CC[C@]21O. The van der Waals surface area contributed by atoms with Crippen LogP contribution in [0.15, 0.2) is 34.7 Å². The highest BCUT2D eigenvalue weighted by atomic mass is 16.5. The summed E-state index contributed by atoms with van der Waals surface area (Å²) in [6.45, 7) is 5.48. The van der Waals surface area contributed by atoms with E-state index in [1.165, 1.54) is 25.7 Å². The predicted molar refractivity (Wildman–Crippen MR) is 96.9 cm³/mol. The molecule has 0 aliphatic heterocycles. The zero-order valence-corrected chi connectivity index (χ0v) is 16.2. The highest BCUT2D eigenvalue weighted by Gasteiger charge is 2.64. The molecule has 0 amide bonds. The fourth-order valence-electron chi connectivity index (χ4n) is 4.78. The Hall–Kier alpha value is -2.21. The number of carbonyl (C=O) groups is 3. The summed E-state index contributed by atoms with van der Waals surface area (Å²) < 4.78 is 9.94. The lowest BCUT2D eigenvalue weighted by Gasteiger charge is -2.56. The van der Waals surface area contributed by atoms with Gasteiger partial charge in [0.15, 0.2) is 11.6 Å². The smallest absolute Gasteiger partial charge is 0.315 e. The molecule has 4 atom stereocenters. The van der Waals surface area contributed by atoms with E-state index in [-0.39, 0.29) is 30.3 Å². The molecular formula is C21H26O6. The Kier molecular flexibility index (Phi) is 4.67. The van der Waals surface area contributed by atoms with Gasteiger partial charge >= 0.3 is 5.97 Å². The quantitative estimate of drug-likeness (QED) is 0.643. The number of methoxy groups -OCH3 is 1. The van der Waals surface area contributed by atoms with E-state index in [1.807, 2.05) is 13.8 Å². The monoisotopic (exact) mass is 374 g/mol. The Morgan fingerprint density at radius 2 is 2.07 bits per heavy atom. The molecule has 0 spiro atoms. The van der Waals surface area contributed by atoms with Gasteiger partial charge in [-0.1, -0.05) is 13.8 Å². The van der Waals surface area contributed by atoms with Crippen molar-refractivity contribution in [3.8, 4) is 0 Å². The van der Waals surface area contributed by atoms with Crippen molar-refractivity contribution in [1.29, 1.82) is 0 Å². The van der Waals surface area contributed by atoms with Crippen LogP contribution in [0.1, 0.15) is 56.8 Å². The Labute approximate surface area is 158 Å². The highest BCUT2D eigenvalue weighted by molar-refractivity contribution is 5.99. The molecule has 3 rings (SSSR count). The standard InChI is InChI=1S/C21H26O6/c1-13-5-7-21(25)17(9-15(22)10-20(21,3)18(24)26-4)19(13,2)11-16(23)14-6-8-27-12-14/h6,8-9,12-13,25H,5,7,10-11H2,1-4H3/t13-,19+,20-,21+/m1/s1. The molecule has 1 N–H and O–H groups in total. The number of allylic oxidation sites excluding steroid dienone is 1. The van der Waals surface area contributed by atoms with Gasteiger partial charge in [-0.15, -0.1) is 0 Å². The van der Waals surface area contributed by atoms with Crippen molar-refractivity contribution in [3.63, 3.8) is 0 Å². The Morgan fingerprint density at radius 1 is 1.37 bits per heavy atom. The number of ketones is 2. The molecule has 0 unspecified atom stereocenters. The average Bonchev–Trinajstić information content (AvgIpc) is 3.15. The third-order valence-corrected chi connectivity index (χ3v) is 6.84. The van der Waals surface area contributed by atoms with Gasteiger partial charge in [0.1, 0.15) is 17.3 Å². The van der Waals surface area contributed by atoms with Gasteiger partial charge in [-0.3, -0.25) is 14.4 Å². The first kappa shape index (κ1) is 19.5. The van der Waals surface area contributed by atoms with Gasteiger partial charge in [0.2, 0.25) is 0 Å². The van der Waals surface area contributed by atoms with Crippen molar-refractivity contribution in [2.75, 3.05) is 7.11 Å². The number of fused-ring (bicyclic) bond motifs is 1. The summed E-state index contributed by atoms with van der Waals surface area (Å²) in [6.07, 6.45) is 5.26. The minimum atomic E-state index is -1.52. The van der Waals surface area contributed by atoms with Gasteiger partial charge in [0.25, 0.3) is 0 Å². The van der Waals surface area contributed by atoms with Crippen molar-refractivity contribution in [3.05, 3.63) is 35.8 Å². The highest BCUT2D eigenvalue weighted by Crippen LogP contribution is 2.60. The van der Waals surface area contributed by atoms with Crippen LogP contribution in [0.25, 0.3) is 0 Å². The van der Waals surface area contributed by atoms with Gasteiger partial charge in [0.05, 0.1) is 18.9 Å². The lowest BCUT2D eigenvalue weighted by Crippen LogP contribution is -2.62. The maximum absolute atomic E-state index is 12.8. The molecule has 2 aliphatic carbocycles. The first-order chi connectivity index (χ1) is 12.6. The van der Waals surface area contributed by atoms with Crippen LogP contribution in [-0.4, -0.2) is 35.4 Å². The number of hydrogen-bond donors (Lipinski definition) is 1. The zero-order valence-electron chi connectivity index (χ0n) is 16.2. The number of carbonyl (C=O) groups excluding carboxylic acids is 3. The molecular weight excluding hydrogens is 348 g/mol. The van der Waals surface area contributed by atoms with E-state index in [4.69, 9.17) is 9.15 Å². The molecule has 1 aromatic rings. The van der Waals surface area contributed by atoms with Gasteiger partial charge < -0.3 is 14.3 Å². The molecule has 0 aromatic carbocycles. The molecule has 6 nitrogen and oxygen atoms in total. The van der Waals surface area contributed by atoms with Crippen LogP contribution in [0.3, 0.4) is 0 Å². The maximum atomic E-state index is 12.8. The summed E-state index contributed by atoms with van der Waals surface area (Å²) in [6, 6.07) is 1.60. The Balaban J connectivity index is 2.09. The molecule has 2 aliphatic rings. The van der Waals surface area contributed by atoms with Crippen LogP contribution in [0, 0.1) is 16.7 Å². The number of Topliss-reactive ketones (excluding diaryl/α,β-unsaturated/α-hetero) is 1. The second kappa shape index (κ2) is 6.44. The number of rotatable bonds is 4. The molecule has 1 saturated carbocycles. The number of furan rings is 1. The molecule has 0 saturated heterocycles. The van der Waals surface area contributed by atoms with Gasteiger partial charge in [-0.25, -0.2) is 0 Å². The van der Waals surface area contributed by atoms with Crippen LogP contribution >= 0.6 is 0 Å². The van der Waals surface area contributed by atoms with E-state index in [0.29, 0.717) is 24.0 Å². The summed E-state index contributed by atoms with van der Waals surface area (Å²) in [5.74, 6) is -0.922. The lowest BCUT2D eigenvalue weighted by molar-refractivity contribution is -0.176. The summed E-state index contributed by atoms with van der Waals surface area (Å²) in [7, 11) is 1.26. The maximum Gasteiger partial charge on any atom is 0.315 e. The fourth-order valence-corrected chi connectivity index (χ4v) is 4.78. The summed E-state index contributed by atoms with van der Waals surface area (Å²) in [5, 5.41) is 11.7. The minimum Gasteiger partial charge on any atom is -0.472 e.